The summed E-state index contributed by atoms with van der Waals surface area (Å²) in [4.78, 5) is 168. The van der Waals surface area contributed by atoms with E-state index in [0.717, 1.165) is 17.5 Å². The first kappa shape index (κ1) is 74.7. The molecule has 2 aliphatic heterocycles. The van der Waals surface area contributed by atoms with Crippen molar-refractivity contribution in [3.63, 3.8) is 0 Å². The molecule has 0 aromatic heterocycles. The highest BCUT2D eigenvalue weighted by molar-refractivity contribution is 5.98. The number of benzene rings is 2. The Labute approximate surface area is 528 Å². The first-order chi connectivity index (χ1) is 43.4. The van der Waals surface area contributed by atoms with E-state index in [9.17, 15) is 78.0 Å². The van der Waals surface area contributed by atoms with Crippen LogP contribution in [0.3, 0.4) is 0 Å². The number of amides is 8. The van der Waals surface area contributed by atoms with Gasteiger partial charge in [0.25, 0.3) is 0 Å². The number of guanidine groups is 1. The van der Waals surface area contributed by atoms with E-state index in [-0.39, 0.29) is 148 Å². The van der Waals surface area contributed by atoms with Gasteiger partial charge in [0.2, 0.25) is 47.3 Å². The lowest BCUT2D eigenvalue weighted by molar-refractivity contribution is -0.141. The Morgan fingerprint density at radius 2 is 1.05 bits per heavy atom. The third-order valence-corrected chi connectivity index (χ3v) is 15.1. The average Bonchev–Trinajstić information content (AvgIpc) is 2.26. The lowest BCUT2D eigenvalue weighted by Crippen LogP contribution is -2.58. The number of hydrogen-bond donors (Lipinski definition) is 14. The molecule has 2 fully saturated rings. The zero-order valence-corrected chi connectivity index (χ0v) is 51.7. The summed E-state index contributed by atoms with van der Waals surface area (Å²) in [6.45, 7) is 1.49. The second kappa shape index (κ2) is 40.7. The van der Waals surface area contributed by atoms with Crippen LogP contribution in [0.1, 0.15) is 87.3 Å². The van der Waals surface area contributed by atoms with Gasteiger partial charge < -0.3 is 74.4 Å². The highest BCUT2D eigenvalue weighted by Crippen LogP contribution is 2.12. The molecule has 0 aliphatic carbocycles. The molecule has 0 radical (unpaired) electrons. The zero-order chi connectivity index (χ0) is 66.7. The van der Waals surface area contributed by atoms with Gasteiger partial charge in [-0.05, 0) is 82.3 Å². The maximum absolute atomic E-state index is 14.3. The minimum atomic E-state index is -1.68. The number of aryl methyl sites for hydroxylation is 2. The van der Waals surface area contributed by atoms with Crippen molar-refractivity contribution in [2.24, 2.45) is 16.5 Å². The van der Waals surface area contributed by atoms with E-state index in [1.807, 2.05) is 31.2 Å². The number of unbranched alkanes of at least 4 members (excludes halogenated alkanes) is 2. The number of carboxylic acid groups (broad SMARTS) is 4. The molecule has 31 nitrogen and oxygen atoms in total. The van der Waals surface area contributed by atoms with Crippen LogP contribution >= 0.6 is 0 Å². The molecule has 91 heavy (non-hydrogen) atoms. The SMILES string of the molecule is Cc1ccc(CCCC(=O)NCCCC[C@H](NC(=O)CN2CCN(CC(=O)O)CCN(CC(=O)O)CCN(CC(=O)O)CC2)C(=O)NCCCC[C@@H]2NC(=O)[C@@H](Cc3ccccc3)NC(=O)C(CC(=O)O)NC(=O)CNC(=O)[C@H](CCCN=C(N)N)NC2=O)cc1. The lowest BCUT2D eigenvalue weighted by Gasteiger charge is -2.33. The fourth-order valence-electron chi connectivity index (χ4n) is 10.1. The molecule has 0 bridgehead atoms. The van der Waals surface area contributed by atoms with Gasteiger partial charge in [0.1, 0.15) is 30.2 Å². The minimum Gasteiger partial charge on any atom is -0.481 e. The van der Waals surface area contributed by atoms with E-state index >= 15 is 0 Å². The first-order valence-corrected chi connectivity index (χ1v) is 30.7. The molecule has 1 unspecified atom stereocenters. The molecule has 0 saturated carbocycles. The van der Waals surface area contributed by atoms with Crippen molar-refractivity contribution in [1.82, 2.24) is 62.1 Å². The number of nitrogens with two attached hydrogens (primary N) is 2. The van der Waals surface area contributed by atoms with Gasteiger partial charge >= 0.3 is 23.9 Å². The Balaban J connectivity index is 1.53. The van der Waals surface area contributed by atoms with E-state index in [4.69, 9.17) is 11.5 Å². The van der Waals surface area contributed by atoms with Gasteiger partial charge in [-0.25, -0.2) is 0 Å². The summed E-state index contributed by atoms with van der Waals surface area (Å²) in [5, 5.41) is 59.8. The highest BCUT2D eigenvalue weighted by atomic mass is 16.4. The standard InChI is InChI=1S/C60H91N15O16/c1-40-18-20-41(21-19-40)13-9-17-48(76)63-22-7-5-14-43(67-50(78)36-72-25-27-73(37-52(81)82)29-31-75(39-54(85)86)32-30-74(28-26-72)38-53(83)84)55(87)64-23-8-6-15-45-57(89)69-44(16-10-24-65-60(61)62)56(88)66-35-49(77)68-47(34-51(79)80)59(91)71-46(58(90)70-45)33-42-11-3-2-4-12-42/h2-4,11-12,18-21,43-47H,5-10,13-17,22-39H2,1H3,(H,63,76)(H,64,87)(H,66,88)(H,67,78)(H,68,77)(H,69,89)(H,70,90)(H,71,91)(H,79,80)(H,81,82)(H,83,84)(H,85,86)(H4,61,62,65)/t43-,44-,45-,46+,47?/m0/s1. The second-order valence-electron chi connectivity index (χ2n) is 22.6. The van der Waals surface area contributed by atoms with Crippen LogP contribution in [0.25, 0.3) is 0 Å². The van der Waals surface area contributed by atoms with E-state index in [1.54, 1.807) is 49.9 Å². The van der Waals surface area contributed by atoms with Crippen molar-refractivity contribution < 1.29 is 78.0 Å². The Bertz CT molecular complexity index is 2740. The third kappa shape index (κ3) is 31.5. The molecule has 2 aromatic rings. The summed E-state index contributed by atoms with van der Waals surface area (Å²) in [5.74, 6) is -10.8. The first-order valence-electron chi connectivity index (χ1n) is 30.7. The van der Waals surface area contributed by atoms with Crippen LogP contribution in [-0.4, -0.2) is 252 Å². The number of carbonyl (C=O) groups is 12. The van der Waals surface area contributed by atoms with Crippen LogP contribution in [0.2, 0.25) is 0 Å². The summed E-state index contributed by atoms with van der Waals surface area (Å²) in [5.41, 5.74) is 13.8. The minimum absolute atomic E-state index is 0.00448. The van der Waals surface area contributed by atoms with E-state index in [1.165, 1.54) is 0 Å². The van der Waals surface area contributed by atoms with E-state index < -0.39 is 108 Å². The highest BCUT2D eigenvalue weighted by Gasteiger charge is 2.34. The smallest absolute Gasteiger partial charge is 0.317 e. The number of rotatable bonds is 32. The molecule has 0 spiro atoms. The lowest BCUT2D eigenvalue weighted by atomic mass is 10.0. The number of carboxylic acids is 4. The summed E-state index contributed by atoms with van der Waals surface area (Å²) in [7, 11) is 0. The van der Waals surface area contributed by atoms with Crippen molar-refractivity contribution in [3.8, 4) is 0 Å². The van der Waals surface area contributed by atoms with Gasteiger partial charge in [0.15, 0.2) is 5.96 Å². The maximum Gasteiger partial charge on any atom is 0.317 e. The van der Waals surface area contributed by atoms with Crippen molar-refractivity contribution in [1.29, 1.82) is 0 Å². The Morgan fingerprint density at radius 1 is 0.549 bits per heavy atom. The summed E-state index contributed by atoms with van der Waals surface area (Å²) in [6, 6.07) is 9.65. The van der Waals surface area contributed by atoms with Crippen LogP contribution < -0.4 is 54.0 Å². The van der Waals surface area contributed by atoms with Crippen LogP contribution in [0, 0.1) is 6.92 Å². The molecule has 2 aliphatic rings. The fourth-order valence-corrected chi connectivity index (χ4v) is 10.1. The second-order valence-corrected chi connectivity index (χ2v) is 22.6. The largest absolute Gasteiger partial charge is 0.481 e. The summed E-state index contributed by atoms with van der Waals surface area (Å²) >= 11 is 0. The van der Waals surface area contributed by atoms with E-state index in [2.05, 4.69) is 47.5 Å². The summed E-state index contributed by atoms with van der Waals surface area (Å²) < 4.78 is 0. The number of carbonyl (C=O) groups excluding carboxylic acids is 8. The molecule has 4 rings (SSSR count). The topological polar surface area (TPSA) is 459 Å². The molecular formula is C60H91N15O16. The molecule has 2 heterocycles. The molecule has 8 amide bonds. The predicted octanol–water partition coefficient (Wildman–Crippen LogP) is -3.31. The van der Waals surface area contributed by atoms with Crippen LogP contribution in [0.5, 0.6) is 0 Å². The molecule has 502 valence electrons. The monoisotopic (exact) mass is 1280 g/mol. The number of aliphatic imine (C=N–C) groups is 1. The number of nitrogens with zero attached hydrogens (tertiary/aromatic N) is 5. The van der Waals surface area contributed by atoms with Crippen LogP contribution in [-0.2, 0) is 70.4 Å². The normalized spacial score (nSPS) is 19.3. The van der Waals surface area contributed by atoms with Crippen molar-refractivity contribution in [2.75, 3.05) is 105 Å². The number of hydrogen-bond acceptors (Lipinski definition) is 17. The fraction of sp³-hybridized carbons (Fsp3) is 0.583. The number of aliphatic carboxylic acids is 4. The predicted molar refractivity (Wildman–Crippen MR) is 331 cm³/mol. The van der Waals surface area contributed by atoms with Crippen molar-refractivity contribution >= 4 is 77.1 Å². The number of nitrogens with one attached hydrogen (secondary N) is 8. The molecule has 16 N–H and O–H groups in total. The van der Waals surface area contributed by atoms with Gasteiger partial charge in [-0.2, -0.15) is 0 Å². The van der Waals surface area contributed by atoms with Crippen molar-refractivity contribution in [3.05, 3.63) is 71.3 Å². The van der Waals surface area contributed by atoms with Crippen LogP contribution in [0.4, 0.5) is 0 Å². The van der Waals surface area contributed by atoms with Crippen molar-refractivity contribution in [2.45, 2.75) is 121 Å². The molecule has 31 heteroatoms. The molecule has 2 aromatic carbocycles. The molecular weight excluding hydrogens is 1190 g/mol. The Morgan fingerprint density at radius 3 is 1.62 bits per heavy atom. The van der Waals surface area contributed by atoms with Gasteiger partial charge in [-0.3, -0.25) is 82.1 Å². The quantitative estimate of drug-likeness (QED) is 0.0194. The maximum atomic E-state index is 14.3. The van der Waals surface area contributed by atoms with Gasteiger partial charge in [-0.1, -0.05) is 60.2 Å². The van der Waals surface area contributed by atoms with E-state index in [0.29, 0.717) is 37.8 Å². The van der Waals surface area contributed by atoms with Gasteiger partial charge in [0, 0.05) is 84.8 Å². The third-order valence-electron chi connectivity index (χ3n) is 15.1. The zero-order valence-electron chi connectivity index (χ0n) is 51.7. The average molecular weight is 1280 g/mol. The van der Waals surface area contributed by atoms with Gasteiger partial charge in [0.05, 0.1) is 39.1 Å². The van der Waals surface area contributed by atoms with Crippen LogP contribution in [0.15, 0.2) is 59.6 Å². The molecule has 5 atom stereocenters. The Kier molecular flexibility index (Phi) is 33.4. The summed E-state index contributed by atoms with van der Waals surface area (Å²) in [6.07, 6.45) is 1.98. The van der Waals surface area contributed by atoms with Gasteiger partial charge in [-0.15, -0.1) is 0 Å². The molecule has 2 saturated heterocycles. The Hall–Kier alpha value is -8.81.